The number of halogens is 1. The van der Waals surface area contributed by atoms with E-state index in [1.54, 1.807) is 50.1 Å². The van der Waals surface area contributed by atoms with E-state index in [2.05, 4.69) is 45.0 Å². The Balaban J connectivity index is 2.04. The fraction of sp³-hybridized carbons (Fsp3) is 0.409. The van der Waals surface area contributed by atoms with Crippen LogP contribution < -0.4 is 4.74 Å². The summed E-state index contributed by atoms with van der Waals surface area (Å²) in [6.45, 7) is 10.7. The van der Waals surface area contributed by atoms with Crippen LogP contribution in [0.3, 0.4) is 0 Å². The first-order valence-electron chi connectivity index (χ1n) is 8.78. The van der Waals surface area contributed by atoms with E-state index in [1.807, 2.05) is 0 Å². The van der Waals surface area contributed by atoms with E-state index in [1.165, 1.54) is 5.56 Å². The molecule has 0 saturated carbocycles. The molecule has 0 aromatic heterocycles. The standard InChI is InChI=1S/C22H28ClNO2/c1-21(2,3)17-9-7-16(8-10-17)15-24(6)20(25)22(4,5)26-19-13-11-18(23)12-14-19/h7-14H,15H2,1-6H3. The van der Waals surface area contributed by atoms with E-state index >= 15 is 0 Å². The minimum Gasteiger partial charge on any atom is -0.478 e. The molecule has 3 nitrogen and oxygen atoms in total. The van der Waals surface area contributed by atoms with Crippen molar-refractivity contribution >= 4 is 17.5 Å². The van der Waals surface area contributed by atoms with Gasteiger partial charge in [0.15, 0.2) is 5.60 Å². The zero-order valence-electron chi connectivity index (χ0n) is 16.5. The van der Waals surface area contributed by atoms with Crippen molar-refractivity contribution in [3.05, 3.63) is 64.7 Å². The van der Waals surface area contributed by atoms with Crippen LogP contribution in [0.25, 0.3) is 0 Å². The summed E-state index contributed by atoms with van der Waals surface area (Å²) in [5, 5.41) is 0.636. The monoisotopic (exact) mass is 373 g/mol. The Bertz CT molecular complexity index is 743. The van der Waals surface area contributed by atoms with Gasteiger partial charge in [0.05, 0.1) is 0 Å². The van der Waals surface area contributed by atoms with Gasteiger partial charge in [0.25, 0.3) is 5.91 Å². The van der Waals surface area contributed by atoms with Gasteiger partial charge in [-0.3, -0.25) is 4.79 Å². The number of amides is 1. The Hall–Kier alpha value is -2.00. The number of ether oxygens (including phenoxy) is 1. The van der Waals surface area contributed by atoms with Crippen molar-refractivity contribution in [2.75, 3.05) is 7.05 Å². The number of carbonyl (C=O) groups excluding carboxylic acids is 1. The third kappa shape index (κ3) is 5.25. The van der Waals surface area contributed by atoms with Crippen molar-refractivity contribution in [3.8, 4) is 5.75 Å². The molecule has 0 bridgehead atoms. The molecular formula is C22H28ClNO2. The minimum atomic E-state index is -0.964. The van der Waals surface area contributed by atoms with Gasteiger partial charge in [-0.25, -0.2) is 0 Å². The lowest BCUT2D eigenvalue weighted by molar-refractivity contribution is -0.144. The van der Waals surface area contributed by atoms with Crippen LogP contribution in [-0.2, 0) is 16.8 Å². The molecular weight excluding hydrogens is 346 g/mol. The Morgan fingerprint density at radius 2 is 1.50 bits per heavy atom. The normalized spacial score (nSPS) is 12.0. The molecule has 0 spiro atoms. The number of rotatable bonds is 5. The van der Waals surface area contributed by atoms with Gasteiger partial charge in [0.2, 0.25) is 0 Å². The first kappa shape index (κ1) is 20.3. The lowest BCUT2D eigenvalue weighted by Crippen LogP contribution is -2.47. The molecule has 0 saturated heterocycles. The van der Waals surface area contributed by atoms with E-state index in [4.69, 9.17) is 16.3 Å². The fourth-order valence-electron chi connectivity index (χ4n) is 2.76. The maximum Gasteiger partial charge on any atom is 0.266 e. The van der Waals surface area contributed by atoms with Gasteiger partial charge >= 0.3 is 0 Å². The number of hydrogen-bond donors (Lipinski definition) is 0. The number of nitrogens with zero attached hydrogens (tertiary/aromatic N) is 1. The third-order valence-electron chi connectivity index (χ3n) is 4.29. The minimum absolute atomic E-state index is 0.0765. The second-order valence-electron chi connectivity index (χ2n) is 8.17. The van der Waals surface area contributed by atoms with Crippen LogP contribution in [-0.4, -0.2) is 23.5 Å². The predicted octanol–water partition coefficient (Wildman–Crippen LogP) is 5.45. The van der Waals surface area contributed by atoms with E-state index < -0.39 is 5.60 Å². The van der Waals surface area contributed by atoms with Gasteiger partial charge < -0.3 is 9.64 Å². The SMILES string of the molecule is CN(Cc1ccc(C(C)(C)C)cc1)C(=O)C(C)(C)Oc1ccc(Cl)cc1. The van der Waals surface area contributed by atoms with Gasteiger partial charge in [-0.2, -0.15) is 0 Å². The fourth-order valence-corrected chi connectivity index (χ4v) is 2.88. The van der Waals surface area contributed by atoms with Crippen molar-refractivity contribution in [1.82, 2.24) is 4.90 Å². The molecule has 0 atom stereocenters. The molecule has 1 amide bonds. The molecule has 0 unspecified atom stereocenters. The first-order valence-corrected chi connectivity index (χ1v) is 9.16. The highest BCUT2D eigenvalue weighted by atomic mass is 35.5. The smallest absolute Gasteiger partial charge is 0.266 e. The van der Waals surface area contributed by atoms with Gasteiger partial charge in [-0.05, 0) is 54.7 Å². The second-order valence-corrected chi connectivity index (χ2v) is 8.61. The molecule has 0 radical (unpaired) electrons. The molecule has 2 rings (SSSR count). The van der Waals surface area contributed by atoms with Crippen molar-refractivity contribution in [2.24, 2.45) is 0 Å². The lowest BCUT2D eigenvalue weighted by atomic mass is 9.87. The van der Waals surface area contributed by atoms with E-state index in [0.717, 1.165) is 5.56 Å². The predicted molar refractivity (Wildman–Crippen MR) is 108 cm³/mol. The summed E-state index contributed by atoms with van der Waals surface area (Å²) in [5.41, 5.74) is 1.53. The van der Waals surface area contributed by atoms with E-state index in [0.29, 0.717) is 17.3 Å². The van der Waals surface area contributed by atoms with Crippen molar-refractivity contribution < 1.29 is 9.53 Å². The number of likely N-dealkylation sites (N-methyl/N-ethyl adjacent to an activating group) is 1. The summed E-state index contributed by atoms with van der Waals surface area (Å²) in [5.74, 6) is 0.544. The average Bonchev–Trinajstić information content (AvgIpc) is 2.55. The van der Waals surface area contributed by atoms with Crippen molar-refractivity contribution in [3.63, 3.8) is 0 Å². The van der Waals surface area contributed by atoms with Crippen LogP contribution in [0.4, 0.5) is 0 Å². The number of hydrogen-bond acceptors (Lipinski definition) is 2. The summed E-state index contributed by atoms with van der Waals surface area (Å²) in [6.07, 6.45) is 0. The Morgan fingerprint density at radius 3 is 2.00 bits per heavy atom. The summed E-state index contributed by atoms with van der Waals surface area (Å²) in [6, 6.07) is 15.4. The Kier molecular flexibility index (Phi) is 6.02. The Morgan fingerprint density at radius 1 is 0.962 bits per heavy atom. The van der Waals surface area contributed by atoms with Crippen LogP contribution in [0, 0.1) is 0 Å². The quantitative estimate of drug-likeness (QED) is 0.697. The van der Waals surface area contributed by atoms with Crippen LogP contribution in [0.1, 0.15) is 45.7 Å². The highest BCUT2D eigenvalue weighted by Crippen LogP contribution is 2.24. The van der Waals surface area contributed by atoms with Crippen molar-refractivity contribution in [2.45, 2.75) is 52.2 Å². The average molecular weight is 374 g/mol. The molecule has 0 N–H and O–H groups in total. The molecule has 0 aliphatic rings. The van der Waals surface area contributed by atoms with Gasteiger partial charge in [-0.15, -0.1) is 0 Å². The summed E-state index contributed by atoms with van der Waals surface area (Å²) >= 11 is 5.89. The first-order chi connectivity index (χ1) is 12.0. The maximum atomic E-state index is 12.8. The molecule has 2 aromatic rings. The van der Waals surface area contributed by atoms with Gasteiger partial charge in [-0.1, -0.05) is 56.6 Å². The topological polar surface area (TPSA) is 29.5 Å². The lowest BCUT2D eigenvalue weighted by Gasteiger charge is -2.30. The highest BCUT2D eigenvalue weighted by molar-refractivity contribution is 6.30. The molecule has 26 heavy (non-hydrogen) atoms. The second kappa shape index (κ2) is 7.71. The van der Waals surface area contributed by atoms with Crippen LogP contribution in [0.2, 0.25) is 5.02 Å². The zero-order chi connectivity index (χ0) is 19.5. The zero-order valence-corrected chi connectivity index (χ0v) is 17.2. The summed E-state index contributed by atoms with van der Waals surface area (Å²) in [7, 11) is 1.80. The highest BCUT2D eigenvalue weighted by Gasteiger charge is 2.32. The van der Waals surface area contributed by atoms with Gasteiger partial charge in [0, 0.05) is 18.6 Å². The van der Waals surface area contributed by atoms with Crippen LogP contribution in [0.5, 0.6) is 5.75 Å². The molecule has 4 heteroatoms. The van der Waals surface area contributed by atoms with E-state index in [9.17, 15) is 4.79 Å². The number of benzene rings is 2. The van der Waals surface area contributed by atoms with Gasteiger partial charge in [0.1, 0.15) is 5.75 Å². The Labute approximate surface area is 161 Å². The molecule has 0 aliphatic carbocycles. The molecule has 140 valence electrons. The van der Waals surface area contributed by atoms with Crippen LogP contribution in [0.15, 0.2) is 48.5 Å². The molecule has 0 aliphatic heterocycles. The summed E-state index contributed by atoms with van der Waals surface area (Å²) < 4.78 is 5.89. The third-order valence-corrected chi connectivity index (χ3v) is 4.54. The maximum absolute atomic E-state index is 12.8. The largest absolute Gasteiger partial charge is 0.478 e. The van der Waals surface area contributed by atoms with E-state index in [-0.39, 0.29) is 11.3 Å². The summed E-state index contributed by atoms with van der Waals surface area (Å²) in [4.78, 5) is 14.5. The van der Waals surface area contributed by atoms with Crippen molar-refractivity contribution in [1.29, 1.82) is 0 Å². The molecule has 0 fully saturated rings. The van der Waals surface area contributed by atoms with Crippen LogP contribution >= 0.6 is 11.6 Å². The molecule has 2 aromatic carbocycles. The molecule has 0 heterocycles. The number of carbonyl (C=O) groups is 1.